The number of hydrogen-bond acceptors (Lipinski definition) is 4. The number of rotatable bonds is 3. The zero-order valence-electron chi connectivity index (χ0n) is 9.93. The summed E-state index contributed by atoms with van der Waals surface area (Å²) < 4.78 is 5.35. The molecule has 1 fully saturated rings. The summed E-state index contributed by atoms with van der Waals surface area (Å²) in [5, 5.41) is 0. The number of nitrogens with zero attached hydrogens (tertiary/aromatic N) is 2. The highest BCUT2D eigenvalue weighted by molar-refractivity contribution is 7.80. The maximum Gasteiger partial charge on any atom is 0.128 e. The van der Waals surface area contributed by atoms with Gasteiger partial charge in [-0.2, -0.15) is 0 Å². The Hall–Kier alpha value is -1.20. The highest BCUT2D eigenvalue weighted by atomic mass is 32.1. The number of anilines is 1. The first kappa shape index (κ1) is 12.3. The van der Waals surface area contributed by atoms with Crippen LogP contribution >= 0.6 is 12.2 Å². The molecular weight excluding hydrogens is 234 g/mol. The number of nitrogens with two attached hydrogens (primary N) is 1. The molecule has 0 aromatic carbocycles. The van der Waals surface area contributed by atoms with Crippen LogP contribution in [0.2, 0.25) is 0 Å². The van der Waals surface area contributed by atoms with E-state index in [4.69, 9.17) is 22.7 Å². The van der Waals surface area contributed by atoms with Crippen LogP contribution < -0.4 is 10.6 Å². The van der Waals surface area contributed by atoms with Gasteiger partial charge in [0.2, 0.25) is 0 Å². The fourth-order valence-electron chi connectivity index (χ4n) is 2.04. The van der Waals surface area contributed by atoms with Gasteiger partial charge in [-0.3, -0.25) is 0 Å². The maximum atomic E-state index is 5.54. The molecule has 5 heteroatoms. The molecule has 1 aromatic heterocycles. The first-order valence-electron chi connectivity index (χ1n) is 5.74. The van der Waals surface area contributed by atoms with E-state index < -0.39 is 0 Å². The van der Waals surface area contributed by atoms with Crippen molar-refractivity contribution in [1.29, 1.82) is 0 Å². The lowest BCUT2D eigenvalue weighted by atomic mass is 10.1. The average molecular weight is 251 g/mol. The largest absolute Gasteiger partial charge is 0.389 e. The standard InChI is InChI=1S/C12H17N3OS/c1-16-10-4-6-15(7-5-10)11-3-2-9(8-14-11)12(13)17/h2-3,8,10H,4-7H2,1H3,(H2,13,17). The molecule has 0 radical (unpaired) electrons. The molecule has 0 unspecified atom stereocenters. The van der Waals surface area contributed by atoms with E-state index in [0.717, 1.165) is 37.3 Å². The Morgan fingerprint density at radius 3 is 2.65 bits per heavy atom. The summed E-state index contributed by atoms with van der Waals surface area (Å²) in [5.74, 6) is 0.986. The van der Waals surface area contributed by atoms with E-state index in [1.807, 2.05) is 12.1 Å². The predicted octanol–water partition coefficient (Wildman–Crippen LogP) is 1.33. The predicted molar refractivity (Wildman–Crippen MR) is 72.4 cm³/mol. The second-order valence-corrected chi connectivity index (χ2v) is 4.63. The van der Waals surface area contributed by atoms with E-state index in [-0.39, 0.29) is 0 Å². The molecule has 2 rings (SSSR count). The SMILES string of the molecule is COC1CCN(c2ccc(C(N)=S)cn2)CC1. The Bertz CT molecular complexity index is 385. The van der Waals surface area contributed by atoms with Crippen molar-refractivity contribution in [2.75, 3.05) is 25.1 Å². The number of aromatic nitrogens is 1. The van der Waals surface area contributed by atoms with Gasteiger partial charge < -0.3 is 15.4 Å². The number of ether oxygens (including phenoxy) is 1. The van der Waals surface area contributed by atoms with Crippen molar-refractivity contribution in [3.63, 3.8) is 0 Å². The molecule has 0 saturated carbocycles. The van der Waals surface area contributed by atoms with Crippen molar-refractivity contribution in [3.05, 3.63) is 23.9 Å². The molecule has 4 nitrogen and oxygen atoms in total. The summed E-state index contributed by atoms with van der Waals surface area (Å²) in [7, 11) is 1.77. The van der Waals surface area contributed by atoms with Gasteiger partial charge in [-0.05, 0) is 25.0 Å². The van der Waals surface area contributed by atoms with Crippen LogP contribution in [0.5, 0.6) is 0 Å². The van der Waals surface area contributed by atoms with E-state index >= 15 is 0 Å². The highest BCUT2D eigenvalue weighted by Crippen LogP contribution is 2.19. The van der Waals surface area contributed by atoms with Crippen molar-refractivity contribution >= 4 is 23.0 Å². The molecule has 1 aromatic rings. The molecule has 0 atom stereocenters. The van der Waals surface area contributed by atoms with Gasteiger partial charge in [-0.25, -0.2) is 4.98 Å². The average Bonchev–Trinajstić information content (AvgIpc) is 2.39. The van der Waals surface area contributed by atoms with Gasteiger partial charge >= 0.3 is 0 Å². The third-order valence-electron chi connectivity index (χ3n) is 3.13. The highest BCUT2D eigenvalue weighted by Gasteiger charge is 2.19. The zero-order valence-corrected chi connectivity index (χ0v) is 10.7. The second kappa shape index (κ2) is 5.42. The van der Waals surface area contributed by atoms with Gasteiger partial charge in [-0.15, -0.1) is 0 Å². The van der Waals surface area contributed by atoms with Gasteiger partial charge in [0, 0.05) is 32.0 Å². The lowest BCUT2D eigenvalue weighted by molar-refractivity contribution is 0.0818. The summed E-state index contributed by atoms with van der Waals surface area (Å²) in [6.07, 6.45) is 4.23. The number of thiocarbonyl (C=S) groups is 1. The second-order valence-electron chi connectivity index (χ2n) is 4.19. The monoisotopic (exact) mass is 251 g/mol. The number of pyridine rings is 1. The van der Waals surface area contributed by atoms with Crippen molar-refractivity contribution in [3.8, 4) is 0 Å². The zero-order chi connectivity index (χ0) is 12.3. The van der Waals surface area contributed by atoms with Crippen LogP contribution in [0.25, 0.3) is 0 Å². The van der Waals surface area contributed by atoms with E-state index in [2.05, 4.69) is 9.88 Å². The fourth-order valence-corrected chi connectivity index (χ4v) is 2.16. The lowest BCUT2D eigenvalue weighted by Gasteiger charge is -2.32. The smallest absolute Gasteiger partial charge is 0.128 e. The summed E-state index contributed by atoms with van der Waals surface area (Å²) in [6.45, 7) is 1.97. The Morgan fingerprint density at radius 2 is 2.18 bits per heavy atom. The summed E-state index contributed by atoms with van der Waals surface area (Å²) in [6, 6.07) is 3.90. The fraction of sp³-hybridized carbons (Fsp3) is 0.500. The quantitative estimate of drug-likeness (QED) is 0.821. The molecule has 0 spiro atoms. The van der Waals surface area contributed by atoms with Gasteiger partial charge in [-0.1, -0.05) is 12.2 Å². The minimum absolute atomic E-state index is 0.391. The molecular formula is C12H17N3OS. The number of piperidine rings is 1. The van der Waals surface area contributed by atoms with Crippen LogP contribution in [0.1, 0.15) is 18.4 Å². The van der Waals surface area contributed by atoms with E-state index in [1.54, 1.807) is 13.3 Å². The van der Waals surface area contributed by atoms with Crippen LogP contribution in [-0.4, -0.2) is 36.3 Å². The van der Waals surface area contributed by atoms with E-state index in [1.165, 1.54) is 0 Å². The lowest BCUT2D eigenvalue weighted by Crippen LogP contribution is -2.37. The van der Waals surface area contributed by atoms with Crippen molar-refractivity contribution in [1.82, 2.24) is 4.98 Å². The number of hydrogen-bond donors (Lipinski definition) is 1. The third-order valence-corrected chi connectivity index (χ3v) is 3.37. The summed E-state index contributed by atoms with van der Waals surface area (Å²) in [4.78, 5) is 7.05. The van der Waals surface area contributed by atoms with Crippen molar-refractivity contribution < 1.29 is 4.74 Å². The Kier molecular flexibility index (Phi) is 3.91. The van der Waals surface area contributed by atoms with Crippen molar-refractivity contribution in [2.45, 2.75) is 18.9 Å². The minimum atomic E-state index is 0.391. The topological polar surface area (TPSA) is 51.4 Å². The van der Waals surface area contributed by atoms with Gasteiger partial charge in [0.15, 0.2) is 0 Å². The summed E-state index contributed by atoms with van der Waals surface area (Å²) >= 11 is 4.90. The van der Waals surface area contributed by atoms with Gasteiger partial charge in [0.05, 0.1) is 6.10 Å². The third kappa shape index (κ3) is 2.92. The molecule has 17 heavy (non-hydrogen) atoms. The van der Waals surface area contributed by atoms with Crippen LogP contribution in [0.4, 0.5) is 5.82 Å². The molecule has 1 aliphatic heterocycles. The molecule has 0 aliphatic carbocycles. The first-order valence-corrected chi connectivity index (χ1v) is 6.15. The Labute approximate surface area is 107 Å². The molecule has 92 valence electrons. The van der Waals surface area contributed by atoms with Crippen LogP contribution in [-0.2, 0) is 4.74 Å². The molecule has 1 aliphatic rings. The Morgan fingerprint density at radius 1 is 1.47 bits per heavy atom. The molecule has 1 saturated heterocycles. The normalized spacial score (nSPS) is 17.1. The van der Waals surface area contributed by atoms with Crippen LogP contribution in [0.15, 0.2) is 18.3 Å². The number of methoxy groups -OCH3 is 1. The van der Waals surface area contributed by atoms with E-state index in [9.17, 15) is 0 Å². The Balaban J connectivity index is 2.01. The van der Waals surface area contributed by atoms with Crippen molar-refractivity contribution in [2.24, 2.45) is 5.73 Å². The molecule has 2 N–H and O–H groups in total. The molecule has 0 amide bonds. The minimum Gasteiger partial charge on any atom is -0.389 e. The van der Waals surface area contributed by atoms with E-state index in [0.29, 0.717) is 11.1 Å². The van der Waals surface area contributed by atoms with Gasteiger partial charge in [0.25, 0.3) is 0 Å². The first-order chi connectivity index (χ1) is 8.20. The van der Waals surface area contributed by atoms with Crippen LogP contribution in [0.3, 0.4) is 0 Å². The molecule has 0 bridgehead atoms. The maximum absolute atomic E-state index is 5.54. The molecule has 2 heterocycles. The summed E-state index contributed by atoms with van der Waals surface area (Å²) in [5.41, 5.74) is 6.36. The van der Waals surface area contributed by atoms with Gasteiger partial charge in [0.1, 0.15) is 10.8 Å². The van der Waals surface area contributed by atoms with Crippen LogP contribution in [0, 0.1) is 0 Å².